The summed E-state index contributed by atoms with van der Waals surface area (Å²) in [7, 11) is 0. The van der Waals surface area contributed by atoms with Crippen LogP contribution in [0.4, 0.5) is 0 Å². The summed E-state index contributed by atoms with van der Waals surface area (Å²) in [6.07, 6.45) is 3.11. The van der Waals surface area contributed by atoms with Crippen LogP contribution in [0.1, 0.15) is 47.0 Å². The van der Waals surface area contributed by atoms with Crippen molar-refractivity contribution in [2.75, 3.05) is 13.2 Å². The normalized spacial score (nSPS) is 15.0. The van der Waals surface area contributed by atoms with Crippen LogP contribution in [0, 0.1) is 0 Å². The van der Waals surface area contributed by atoms with Gasteiger partial charge in [-0.1, -0.05) is 0 Å². The minimum absolute atomic E-state index is 0.0215. The first kappa shape index (κ1) is 20.8. The van der Waals surface area contributed by atoms with Crippen molar-refractivity contribution in [3.63, 3.8) is 0 Å². The second kappa shape index (κ2) is 8.24. The molecule has 1 heterocycles. The number of rotatable bonds is 10. The molecule has 0 radical (unpaired) electrons. The van der Waals surface area contributed by atoms with Gasteiger partial charge in [0.1, 0.15) is 0 Å². The number of imide groups is 1. The largest absolute Gasteiger partial charge is 0.373 e. The average Bonchev–Trinajstić information content (AvgIpc) is 2.80. The number of carbonyl (C=O) groups excluding carboxylic acids is 4. The maximum absolute atomic E-state index is 12.1. The highest BCUT2D eigenvalue weighted by atomic mass is 16.5. The first-order valence-corrected chi connectivity index (χ1v) is 8.19. The molecule has 0 fully saturated rings. The Balaban J connectivity index is 2.40. The lowest BCUT2D eigenvalue weighted by molar-refractivity contribution is -0.137. The Kier molecular flexibility index (Phi) is 6.87. The molecule has 0 aliphatic carbocycles. The molecule has 1 aliphatic heterocycles. The summed E-state index contributed by atoms with van der Waals surface area (Å²) in [5.41, 5.74) is 3.96. The van der Waals surface area contributed by atoms with E-state index in [1.165, 1.54) is 12.2 Å². The van der Waals surface area contributed by atoms with Crippen LogP contribution >= 0.6 is 0 Å². The highest BCUT2D eigenvalue weighted by molar-refractivity contribution is 6.13. The fourth-order valence-corrected chi connectivity index (χ4v) is 2.21. The van der Waals surface area contributed by atoms with Crippen LogP contribution in [0.5, 0.6) is 0 Å². The van der Waals surface area contributed by atoms with Crippen LogP contribution in [0.25, 0.3) is 0 Å². The molecule has 25 heavy (non-hydrogen) atoms. The van der Waals surface area contributed by atoms with E-state index in [1.54, 1.807) is 0 Å². The molecular formula is C17H27N3O5. The van der Waals surface area contributed by atoms with Gasteiger partial charge < -0.3 is 15.8 Å². The van der Waals surface area contributed by atoms with Crippen molar-refractivity contribution in [3.05, 3.63) is 12.2 Å². The quantitative estimate of drug-likeness (QED) is 0.546. The van der Waals surface area contributed by atoms with Crippen molar-refractivity contribution in [2.24, 2.45) is 5.73 Å². The third kappa shape index (κ3) is 7.47. The van der Waals surface area contributed by atoms with Gasteiger partial charge in [0.15, 0.2) is 0 Å². The predicted octanol–water partition coefficient (Wildman–Crippen LogP) is 0.257. The number of ether oxygens (including phenoxy) is 1. The zero-order valence-corrected chi connectivity index (χ0v) is 15.3. The minimum atomic E-state index is -0.641. The Morgan fingerprint density at radius 3 is 2.20 bits per heavy atom. The Labute approximate surface area is 147 Å². The SMILES string of the molecule is CC(C)(COC(C)(C)CCC(N)=O)NC(=O)CCN1C(=O)C=CC1=O. The maximum Gasteiger partial charge on any atom is 0.253 e. The number of hydrogen-bond acceptors (Lipinski definition) is 5. The molecule has 0 aromatic carbocycles. The highest BCUT2D eigenvalue weighted by Gasteiger charge is 2.28. The smallest absolute Gasteiger partial charge is 0.253 e. The van der Waals surface area contributed by atoms with Crippen molar-refractivity contribution >= 4 is 23.6 Å². The van der Waals surface area contributed by atoms with Gasteiger partial charge in [-0.2, -0.15) is 0 Å². The summed E-state index contributed by atoms with van der Waals surface area (Å²) in [4.78, 5) is 46.8. The molecule has 1 aliphatic rings. The van der Waals surface area contributed by atoms with Crippen LogP contribution in [-0.2, 0) is 23.9 Å². The van der Waals surface area contributed by atoms with E-state index in [0.29, 0.717) is 6.42 Å². The lowest BCUT2D eigenvalue weighted by Gasteiger charge is -2.32. The summed E-state index contributed by atoms with van der Waals surface area (Å²) in [5.74, 6) is -1.48. The Morgan fingerprint density at radius 1 is 1.12 bits per heavy atom. The molecule has 0 aromatic rings. The summed E-state index contributed by atoms with van der Waals surface area (Å²) in [6.45, 7) is 7.60. The average molecular weight is 353 g/mol. The first-order valence-electron chi connectivity index (χ1n) is 8.19. The van der Waals surface area contributed by atoms with Crippen molar-refractivity contribution in [1.29, 1.82) is 0 Å². The number of nitrogens with two attached hydrogens (primary N) is 1. The van der Waals surface area contributed by atoms with Gasteiger partial charge in [0.25, 0.3) is 11.8 Å². The Hall–Kier alpha value is -2.22. The van der Waals surface area contributed by atoms with Crippen molar-refractivity contribution in [2.45, 2.75) is 58.1 Å². The van der Waals surface area contributed by atoms with Crippen molar-refractivity contribution in [3.8, 4) is 0 Å². The summed E-state index contributed by atoms with van der Waals surface area (Å²) < 4.78 is 5.81. The fourth-order valence-electron chi connectivity index (χ4n) is 2.21. The molecule has 1 rings (SSSR count). The zero-order valence-electron chi connectivity index (χ0n) is 15.3. The van der Waals surface area contributed by atoms with Gasteiger partial charge in [-0.3, -0.25) is 24.1 Å². The summed E-state index contributed by atoms with van der Waals surface area (Å²) >= 11 is 0. The molecule has 4 amide bonds. The molecule has 0 saturated heterocycles. The van der Waals surface area contributed by atoms with Gasteiger partial charge in [-0.25, -0.2) is 0 Å². The molecule has 8 heteroatoms. The van der Waals surface area contributed by atoms with E-state index in [1.807, 2.05) is 27.7 Å². The number of carbonyl (C=O) groups is 4. The maximum atomic E-state index is 12.1. The number of hydrogen-bond donors (Lipinski definition) is 2. The van der Waals surface area contributed by atoms with Gasteiger partial charge in [0, 0.05) is 31.5 Å². The molecule has 0 unspecified atom stereocenters. The second-order valence-electron chi connectivity index (χ2n) is 7.36. The van der Waals surface area contributed by atoms with E-state index in [9.17, 15) is 19.2 Å². The zero-order chi connectivity index (χ0) is 19.3. The van der Waals surface area contributed by atoms with Crippen LogP contribution in [0.3, 0.4) is 0 Å². The van der Waals surface area contributed by atoms with Gasteiger partial charge in [0.05, 0.1) is 17.7 Å². The van der Waals surface area contributed by atoms with Gasteiger partial charge >= 0.3 is 0 Å². The van der Waals surface area contributed by atoms with Crippen LogP contribution in [0.2, 0.25) is 0 Å². The minimum Gasteiger partial charge on any atom is -0.373 e. The van der Waals surface area contributed by atoms with E-state index >= 15 is 0 Å². The van der Waals surface area contributed by atoms with E-state index in [0.717, 1.165) is 4.90 Å². The molecule has 3 N–H and O–H groups in total. The summed E-state index contributed by atoms with van der Waals surface area (Å²) in [5, 5.41) is 2.82. The second-order valence-corrected chi connectivity index (χ2v) is 7.36. The van der Waals surface area contributed by atoms with E-state index in [4.69, 9.17) is 10.5 Å². The Bertz CT molecular complexity index is 563. The van der Waals surface area contributed by atoms with Gasteiger partial charge in [-0.15, -0.1) is 0 Å². The predicted molar refractivity (Wildman–Crippen MR) is 91.2 cm³/mol. The number of primary amides is 1. The molecule has 140 valence electrons. The third-order valence-corrected chi connectivity index (χ3v) is 3.74. The lowest BCUT2D eigenvalue weighted by atomic mass is 10.0. The topological polar surface area (TPSA) is 119 Å². The van der Waals surface area contributed by atoms with E-state index in [-0.39, 0.29) is 37.8 Å². The molecular weight excluding hydrogens is 326 g/mol. The molecule has 8 nitrogen and oxygen atoms in total. The molecule has 0 aromatic heterocycles. The first-order chi connectivity index (χ1) is 11.4. The van der Waals surface area contributed by atoms with Crippen LogP contribution in [0.15, 0.2) is 12.2 Å². The van der Waals surface area contributed by atoms with Gasteiger partial charge in [-0.05, 0) is 34.1 Å². The standard InChI is InChI=1S/C17H27N3O5/c1-16(2,11-25-17(3,4)9-7-12(18)21)19-13(22)8-10-20-14(23)5-6-15(20)24/h5-6H,7-11H2,1-4H3,(H2,18,21)(H,19,22). The summed E-state index contributed by atoms with van der Waals surface area (Å²) in [6, 6.07) is 0. The van der Waals surface area contributed by atoms with Crippen LogP contribution < -0.4 is 11.1 Å². The lowest BCUT2D eigenvalue weighted by Crippen LogP contribution is -2.49. The highest BCUT2D eigenvalue weighted by Crippen LogP contribution is 2.19. The van der Waals surface area contributed by atoms with E-state index in [2.05, 4.69) is 5.32 Å². The van der Waals surface area contributed by atoms with Crippen molar-refractivity contribution in [1.82, 2.24) is 10.2 Å². The third-order valence-electron chi connectivity index (χ3n) is 3.74. The monoisotopic (exact) mass is 353 g/mol. The Morgan fingerprint density at radius 2 is 1.68 bits per heavy atom. The molecule has 0 atom stereocenters. The van der Waals surface area contributed by atoms with Crippen molar-refractivity contribution < 1.29 is 23.9 Å². The molecule has 0 saturated carbocycles. The fraction of sp³-hybridized carbons (Fsp3) is 0.647. The number of nitrogens with zero attached hydrogens (tertiary/aromatic N) is 1. The number of amides is 4. The molecule has 0 bridgehead atoms. The number of nitrogens with one attached hydrogen (secondary N) is 1. The molecule has 0 spiro atoms. The van der Waals surface area contributed by atoms with E-state index < -0.39 is 23.0 Å². The van der Waals surface area contributed by atoms with Gasteiger partial charge in [0.2, 0.25) is 11.8 Å². The van der Waals surface area contributed by atoms with Crippen LogP contribution in [-0.4, -0.2) is 52.8 Å².